The van der Waals surface area contributed by atoms with Gasteiger partial charge < -0.3 is 10.6 Å². The Hall–Kier alpha value is -2.92. The first-order valence-corrected chi connectivity index (χ1v) is 8.70. The maximum absolute atomic E-state index is 12.7. The number of nitrogens with one attached hydrogen (secondary N) is 2. The van der Waals surface area contributed by atoms with E-state index in [4.69, 9.17) is 11.6 Å². The second-order valence-electron chi connectivity index (χ2n) is 5.79. The van der Waals surface area contributed by atoms with Gasteiger partial charge in [-0.05, 0) is 42.7 Å². The summed E-state index contributed by atoms with van der Waals surface area (Å²) in [5.74, 6) is 0.0323. The Bertz CT molecular complexity index is 943. The van der Waals surface area contributed by atoms with E-state index in [2.05, 4.69) is 27.5 Å². The van der Waals surface area contributed by atoms with E-state index in [9.17, 15) is 4.79 Å². The van der Waals surface area contributed by atoms with Crippen molar-refractivity contribution in [3.8, 4) is 0 Å². The quantitative estimate of drug-likeness (QED) is 0.667. The van der Waals surface area contributed by atoms with Crippen LogP contribution in [0.5, 0.6) is 0 Å². The van der Waals surface area contributed by atoms with Crippen LogP contribution < -0.4 is 10.6 Å². The van der Waals surface area contributed by atoms with Crippen molar-refractivity contribution in [2.24, 2.45) is 0 Å². The zero-order chi connectivity index (χ0) is 18.5. The van der Waals surface area contributed by atoms with E-state index in [0.717, 1.165) is 23.2 Å². The number of aromatic nitrogens is 2. The minimum Gasteiger partial charge on any atom is -0.323 e. The van der Waals surface area contributed by atoms with Crippen molar-refractivity contribution in [3.63, 3.8) is 0 Å². The summed E-state index contributed by atoms with van der Waals surface area (Å²) in [5.41, 5.74) is 3.89. The zero-order valence-corrected chi connectivity index (χ0v) is 15.3. The van der Waals surface area contributed by atoms with Gasteiger partial charge in [0.05, 0.1) is 10.7 Å². The molecule has 1 aromatic heterocycles. The van der Waals surface area contributed by atoms with Crippen LogP contribution in [0.25, 0.3) is 0 Å². The molecule has 0 aliphatic carbocycles. The molecule has 3 rings (SSSR count). The Kier molecular flexibility index (Phi) is 5.49. The standard InChI is InChI=1S/C20H19ClN4O/c1-3-14-8-6-7-13(2)18(14)25-19(26)17-11-12-22-20(24-17)23-16-10-5-4-9-15(16)21/h4-12H,3H2,1-2H3,(H,25,26)(H,22,23,24). The van der Waals surface area contributed by atoms with Gasteiger partial charge in [-0.15, -0.1) is 0 Å². The van der Waals surface area contributed by atoms with E-state index < -0.39 is 0 Å². The molecule has 6 heteroatoms. The normalized spacial score (nSPS) is 10.4. The number of hydrogen-bond donors (Lipinski definition) is 2. The Morgan fingerprint density at radius 3 is 2.69 bits per heavy atom. The lowest BCUT2D eigenvalue weighted by Gasteiger charge is -2.13. The number of nitrogens with zero attached hydrogens (tertiary/aromatic N) is 2. The van der Waals surface area contributed by atoms with Gasteiger partial charge >= 0.3 is 0 Å². The van der Waals surface area contributed by atoms with E-state index in [-0.39, 0.29) is 11.6 Å². The first kappa shape index (κ1) is 17.9. The molecule has 0 saturated heterocycles. The van der Waals surface area contributed by atoms with Crippen molar-refractivity contribution in [3.05, 3.63) is 76.6 Å². The van der Waals surface area contributed by atoms with Gasteiger partial charge in [0.1, 0.15) is 5.69 Å². The lowest BCUT2D eigenvalue weighted by atomic mass is 10.1. The highest BCUT2D eigenvalue weighted by molar-refractivity contribution is 6.33. The SMILES string of the molecule is CCc1cccc(C)c1NC(=O)c1ccnc(Nc2ccccc2Cl)n1. The number of hydrogen-bond acceptors (Lipinski definition) is 4. The molecule has 26 heavy (non-hydrogen) atoms. The number of para-hydroxylation sites is 2. The zero-order valence-electron chi connectivity index (χ0n) is 14.6. The molecule has 132 valence electrons. The maximum atomic E-state index is 12.7. The van der Waals surface area contributed by atoms with Gasteiger partial charge in [0.2, 0.25) is 5.95 Å². The molecular formula is C20H19ClN4O. The van der Waals surface area contributed by atoms with E-state index >= 15 is 0 Å². The largest absolute Gasteiger partial charge is 0.323 e. The van der Waals surface area contributed by atoms with E-state index in [1.54, 1.807) is 18.3 Å². The predicted octanol–water partition coefficient (Wildman–Crippen LogP) is 5.00. The number of halogens is 1. The molecule has 0 radical (unpaired) electrons. The summed E-state index contributed by atoms with van der Waals surface area (Å²) >= 11 is 6.14. The summed E-state index contributed by atoms with van der Waals surface area (Å²) in [6.45, 7) is 4.03. The first-order chi connectivity index (χ1) is 12.6. The Labute approximate surface area is 157 Å². The second-order valence-corrected chi connectivity index (χ2v) is 6.19. The van der Waals surface area contributed by atoms with Crippen LogP contribution in [0, 0.1) is 6.92 Å². The lowest BCUT2D eigenvalue weighted by molar-refractivity contribution is 0.102. The van der Waals surface area contributed by atoms with Crippen molar-refractivity contribution >= 4 is 34.8 Å². The topological polar surface area (TPSA) is 66.9 Å². The van der Waals surface area contributed by atoms with Crippen molar-refractivity contribution < 1.29 is 4.79 Å². The van der Waals surface area contributed by atoms with E-state index in [1.807, 2.05) is 43.3 Å². The molecule has 0 bridgehead atoms. The minimum absolute atomic E-state index is 0.278. The van der Waals surface area contributed by atoms with Crippen LogP contribution in [0.3, 0.4) is 0 Å². The third-order valence-electron chi connectivity index (χ3n) is 3.99. The molecule has 5 nitrogen and oxygen atoms in total. The minimum atomic E-state index is -0.279. The number of benzene rings is 2. The average molecular weight is 367 g/mol. The summed E-state index contributed by atoms with van der Waals surface area (Å²) in [6.07, 6.45) is 2.38. The molecule has 1 amide bonds. The van der Waals surface area contributed by atoms with E-state index in [0.29, 0.717) is 16.7 Å². The van der Waals surface area contributed by atoms with Gasteiger partial charge in [-0.1, -0.05) is 48.9 Å². The molecule has 0 aliphatic rings. The van der Waals surface area contributed by atoms with Crippen LogP contribution >= 0.6 is 11.6 Å². The number of carbonyl (C=O) groups excluding carboxylic acids is 1. The second kappa shape index (κ2) is 7.97. The number of carbonyl (C=O) groups is 1. The highest BCUT2D eigenvalue weighted by Gasteiger charge is 2.13. The Morgan fingerprint density at radius 2 is 1.92 bits per heavy atom. The third-order valence-corrected chi connectivity index (χ3v) is 4.32. The lowest BCUT2D eigenvalue weighted by Crippen LogP contribution is -2.16. The van der Waals surface area contributed by atoms with E-state index in [1.165, 1.54) is 0 Å². The van der Waals surface area contributed by atoms with Crippen molar-refractivity contribution in [2.45, 2.75) is 20.3 Å². The molecule has 2 aromatic carbocycles. The molecule has 2 N–H and O–H groups in total. The third kappa shape index (κ3) is 4.00. The molecule has 0 fully saturated rings. The van der Waals surface area contributed by atoms with Crippen molar-refractivity contribution in [1.82, 2.24) is 9.97 Å². The molecule has 0 aliphatic heterocycles. The Balaban J connectivity index is 1.82. The van der Waals surface area contributed by atoms with Crippen molar-refractivity contribution in [2.75, 3.05) is 10.6 Å². The molecule has 0 atom stereocenters. The van der Waals surface area contributed by atoms with Crippen LogP contribution in [0.1, 0.15) is 28.5 Å². The van der Waals surface area contributed by atoms with Gasteiger partial charge in [-0.3, -0.25) is 4.79 Å². The van der Waals surface area contributed by atoms with Gasteiger partial charge in [-0.25, -0.2) is 9.97 Å². The van der Waals surface area contributed by atoms with Crippen LogP contribution in [-0.4, -0.2) is 15.9 Å². The Morgan fingerprint density at radius 1 is 1.12 bits per heavy atom. The smallest absolute Gasteiger partial charge is 0.274 e. The molecule has 1 heterocycles. The fraction of sp³-hybridized carbons (Fsp3) is 0.150. The van der Waals surface area contributed by atoms with Crippen LogP contribution in [-0.2, 0) is 6.42 Å². The van der Waals surface area contributed by atoms with Gasteiger partial charge in [0.25, 0.3) is 5.91 Å². The number of anilines is 3. The molecule has 0 spiro atoms. The fourth-order valence-electron chi connectivity index (χ4n) is 2.61. The summed E-state index contributed by atoms with van der Waals surface area (Å²) in [6, 6.07) is 14.8. The summed E-state index contributed by atoms with van der Waals surface area (Å²) in [5, 5.41) is 6.55. The van der Waals surface area contributed by atoms with Gasteiger partial charge in [0, 0.05) is 11.9 Å². The van der Waals surface area contributed by atoms with Crippen molar-refractivity contribution in [1.29, 1.82) is 0 Å². The average Bonchev–Trinajstić information content (AvgIpc) is 2.65. The number of rotatable bonds is 5. The van der Waals surface area contributed by atoms with Crippen LogP contribution in [0.2, 0.25) is 5.02 Å². The predicted molar refractivity (Wildman–Crippen MR) is 105 cm³/mol. The molecule has 0 unspecified atom stereocenters. The summed E-state index contributed by atoms with van der Waals surface area (Å²) < 4.78 is 0. The fourth-order valence-corrected chi connectivity index (χ4v) is 2.79. The maximum Gasteiger partial charge on any atom is 0.274 e. The first-order valence-electron chi connectivity index (χ1n) is 8.33. The van der Waals surface area contributed by atoms with Gasteiger partial charge in [-0.2, -0.15) is 0 Å². The highest BCUT2D eigenvalue weighted by Crippen LogP contribution is 2.24. The molecular weight excluding hydrogens is 348 g/mol. The summed E-state index contributed by atoms with van der Waals surface area (Å²) in [7, 11) is 0. The highest BCUT2D eigenvalue weighted by atomic mass is 35.5. The van der Waals surface area contributed by atoms with Crippen LogP contribution in [0.4, 0.5) is 17.3 Å². The molecule has 3 aromatic rings. The summed E-state index contributed by atoms with van der Waals surface area (Å²) in [4.78, 5) is 21.1. The molecule has 0 saturated carbocycles. The number of amides is 1. The van der Waals surface area contributed by atoms with Crippen LogP contribution in [0.15, 0.2) is 54.7 Å². The van der Waals surface area contributed by atoms with Gasteiger partial charge in [0.15, 0.2) is 0 Å². The number of aryl methyl sites for hydroxylation is 2. The monoisotopic (exact) mass is 366 g/mol.